The maximum absolute atomic E-state index is 14.8. The smallest absolute Gasteiger partial charge is 0.265 e. The van der Waals surface area contributed by atoms with Gasteiger partial charge >= 0.3 is 0 Å². The van der Waals surface area contributed by atoms with E-state index in [1.54, 1.807) is 36.4 Å². The molecule has 2 amide bonds. The highest BCUT2D eigenvalue weighted by atomic mass is 35.5. The third-order valence-corrected chi connectivity index (χ3v) is 9.93. The number of anilines is 1. The summed E-state index contributed by atoms with van der Waals surface area (Å²) in [4.78, 5) is 29.9. The van der Waals surface area contributed by atoms with Gasteiger partial charge in [0.25, 0.3) is 10.0 Å². The van der Waals surface area contributed by atoms with Crippen LogP contribution in [0.5, 0.6) is 23.0 Å². The molecule has 1 atom stereocenters. The Bertz CT molecular complexity index is 1870. The first kappa shape index (κ1) is 37.9. The topological polar surface area (TPSA) is 124 Å². The summed E-state index contributed by atoms with van der Waals surface area (Å²) >= 11 is 6.33. The van der Waals surface area contributed by atoms with Crippen molar-refractivity contribution in [3.8, 4) is 23.0 Å². The Kier molecular flexibility index (Phi) is 13.4. The van der Waals surface area contributed by atoms with Gasteiger partial charge in [0.05, 0.1) is 39.0 Å². The first-order valence-electron chi connectivity index (χ1n) is 15.9. The third kappa shape index (κ3) is 9.19. The van der Waals surface area contributed by atoms with Gasteiger partial charge in [0.2, 0.25) is 11.8 Å². The molecule has 4 aromatic rings. The van der Waals surface area contributed by atoms with Gasteiger partial charge in [-0.1, -0.05) is 61.0 Å². The van der Waals surface area contributed by atoms with Crippen LogP contribution in [-0.2, 0) is 32.6 Å². The molecule has 0 radical (unpaired) electrons. The van der Waals surface area contributed by atoms with Crippen LogP contribution in [0.15, 0.2) is 95.9 Å². The van der Waals surface area contributed by atoms with Crippen molar-refractivity contribution in [1.29, 1.82) is 0 Å². The summed E-state index contributed by atoms with van der Waals surface area (Å²) in [7, 11) is 1.17. The van der Waals surface area contributed by atoms with Crippen molar-refractivity contribution in [3.05, 3.63) is 107 Å². The Hall–Kier alpha value is -4.94. The third-order valence-electron chi connectivity index (χ3n) is 7.94. The summed E-state index contributed by atoms with van der Waals surface area (Å²) in [6.45, 7) is 1.59. The van der Waals surface area contributed by atoms with E-state index in [-0.39, 0.29) is 41.0 Å². The first-order valence-corrected chi connectivity index (χ1v) is 17.7. The monoisotopic (exact) mass is 723 g/mol. The summed E-state index contributed by atoms with van der Waals surface area (Å²) in [6.07, 6.45) is 0.854. The fraction of sp³-hybridized carbons (Fsp3) is 0.297. The zero-order valence-electron chi connectivity index (χ0n) is 28.7. The van der Waals surface area contributed by atoms with Gasteiger partial charge in [-0.05, 0) is 53.9 Å². The highest BCUT2D eigenvalue weighted by Gasteiger charge is 2.36. The highest BCUT2D eigenvalue weighted by Crippen LogP contribution is 2.38. The van der Waals surface area contributed by atoms with Crippen molar-refractivity contribution in [2.75, 3.05) is 45.8 Å². The molecular formula is C37H42ClN3O8S. The SMILES string of the molecule is CCCNC(=O)[C@H](Cc1ccccc1)N(Cc1cccc(Cl)c1)C(=O)CN(c1cc(OC)ccc1OC)S(=O)(=O)c1ccc(OC)c(OC)c1. The Morgan fingerprint density at radius 3 is 2.10 bits per heavy atom. The second kappa shape index (κ2) is 17.6. The van der Waals surface area contributed by atoms with E-state index < -0.39 is 28.5 Å². The van der Waals surface area contributed by atoms with Crippen LogP contribution in [-0.4, -0.2) is 72.7 Å². The number of methoxy groups -OCH3 is 4. The molecule has 0 spiro atoms. The molecule has 0 aliphatic heterocycles. The van der Waals surface area contributed by atoms with Crippen LogP contribution in [0.4, 0.5) is 5.69 Å². The Morgan fingerprint density at radius 1 is 0.780 bits per heavy atom. The van der Waals surface area contributed by atoms with Gasteiger partial charge in [0.1, 0.15) is 24.1 Å². The number of nitrogens with zero attached hydrogens (tertiary/aromatic N) is 2. The minimum Gasteiger partial charge on any atom is -0.497 e. The molecule has 1 N–H and O–H groups in total. The van der Waals surface area contributed by atoms with E-state index >= 15 is 0 Å². The van der Waals surface area contributed by atoms with Crippen LogP contribution in [0.25, 0.3) is 0 Å². The van der Waals surface area contributed by atoms with Crippen LogP contribution >= 0.6 is 11.6 Å². The molecule has 0 bridgehead atoms. The molecule has 0 saturated carbocycles. The molecule has 50 heavy (non-hydrogen) atoms. The molecule has 13 heteroatoms. The van der Waals surface area contributed by atoms with Crippen LogP contribution in [0, 0.1) is 0 Å². The number of halogens is 1. The Labute approximate surface area is 298 Å². The van der Waals surface area contributed by atoms with Gasteiger partial charge < -0.3 is 29.2 Å². The van der Waals surface area contributed by atoms with Crippen molar-refractivity contribution in [3.63, 3.8) is 0 Å². The molecular weight excluding hydrogens is 682 g/mol. The molecule has 0 fully saturated rings. The Morgan fingerprint density at radius 2 is 1.46 bits per heavy atom. The molecule has 0 aromatic heterocycles. The lowest BCUT2D eigenvalue weighted by Gasteiger charge is -2.34. The van der Waals surface area contributed by atoms with E-state index in [2.05, 4.69) is 5.32 Å². The number of rotatable bonds is 17. The summed E-state index contributed by atoms with van der Waals surface area (Å²) in [5, 5.41) is 3.38. The summed E-state index contributed by atoms with van der Waals surface area (Å²) in [5.74, 6) is -0.0213. The number of hydrogen-bond donors (Lipinski definition) is 1. The predicted molar refractivity (Wildman–Crippen MR) is 193 cm³/mol. The zero-order chi connectivity index (χ0) is 36.3. The number of carbonyl (C=O) groups is 2. The first-order chi connectivity index (χ1) is 24.1. The predicted octanol–water partition coefficient (Wildman–Crippen LogP) is 5.74. The Balaban J connectivity index is 1.89. The lowest BCUT2D eigenvalue weighted by atomic mass is 10.0. The standard InChI is InChI=1S/C37H42ClN3O8S/c1-6-19-39-37(43)32(21-26-11-8-7-9-12-26)40(24-27-13-10-14-28(38)20-27)36(42)25-41(31-22-29(46-2)15-17-33(31)47-3)50(44,45)30-16-18-34(48-4)35(23-30)49-5/h7-18,20,22-23,32H,6,19,21,24-25H2,1-5H3,(H,39,43)/t32-/m0/s1. The fourth-order valence-corrected chi connectivity index (χ4v) is 7.01. The van der Waals surface area contributed by atoms with Gasteiger partial charge in [0, 0.05) is 36.7 Å². The van der Waals surface area contributed by atoms with E-state index in [9.17, 15) is 18.0 Å². The molecule has 0 aliphatic carbocycles. The largest absolute Gasteiger partial charge is 0.497 e. The van der Waals surface area contributed by atoms with Crippen molar-refractivity contribution in [1.82, 2.24) is 10.2 Å². The molecule has 0 unspecified atom stereocenters. The second-order valence-corrected chi connectivity index (χ2v) is 13.5. The number of amides is 2. The second-order valence-electron chi connectivity index (χ2n) is 11.2. The molecule has 266 valence electrons. The van der Waals surface area contributed by atoms with Gasteiger partial charge in [0.15, 0.2) is 11.5 Å². The van der Waals surface area contributed by atoms with E-state index in [4.69, 9.17) is 30.5 Å². The van der Waals surface area contributed by atoms with Gasteiger partial charge in [-0.3, -0.25) is 13.9 Å². The summed E-state index contributed by atoms with van der Waals surface area (Å²) < 4.78 is 52.0. The van der Waals surface area contributed by atoms with E-state index in [0.29, 0.717) is 35.1 Å². The maximum Gasteiger partial charge on any atom is 0.265 e. The molecule has 0 aliphatic rings. The normalized spacial score (nSPS) is 11.6. The molecule has 0 saturated heterocycles. The fourth-order valence-electron chi connectivity index (χ4n) is 5.36. The van der Waals surface area contributed by atoms with Crippen molar-refractivity contribution < 1.29 is 37.0 Å². The summed E-state index contributed by atoms with van der Waals surface area (Å²) in [5.41, 5.74) is 1.52. The molecule has 4 rings (SSSR count). The minimum atomic E-state index is -4.50. The summed E-state index contributed by atoms with van der Waals surface area (Å²) in [6, 6.07) is 24.0. The molecule has 0 heterocycles. The quantitative estimate of drug-likeness (QED) is 0.147. The van der Waals surface area contributed by atoms with Gasteiger partial charge in [-0.15, -0.1) is 0 Å². The zero-order valence-corrected chi connectivity index (χ0v) is 30.3. The average Bonchev–Trinajstić information content (AvgIpc) is 3.13. The van der Waals surface area contributed by atoms with Gasteiger partial charge in [-0.2, -0.15) is 0 Å². The van der Waals surface area contributed by atoms with Crippen molar-refractivity contribution in [2.45, 2.75) is 37.2 Å². The van der Waals surface area contributed by atoms with Crippen LogP contribution < -0.4 is 28.6 Å². The van der Waals surface area contributed by atoms with Crippen molar-refractivity contribution in [2.24, 2.45) is 0 Å². The number of sulfonamides is 1. The van der Waals surface area contributed by atoms with Crippen molar-refractivity contribution >= 4 is 39.1 Å². The van der Waals surface area contributed by atoms with Crippen LogP contribution in [0.1, 0.15) is 24.5 Å². The number of ether oxygens (including phenoxy) is 4. The molecule has 11 nitrogen and oxygen atoms in total. The number of carbonyl (C=O) groups excluding carboxylic acids is 2. The van der Waals surface area contributed by atoms with Crippen LogP contribution in [0.3, 0.4) is 0 Å². The number of hydrogen-bond acceptors (Lipinski definition) is 8. The van der Waals surface area contributed by atoms with E-state index in [0.717, 1.165) is 9.87 Å². The average molecular weight is 724 g/mol. The lowest BCUT2D eigenvalue weighted by molar-refractivity contribution is -0.140. The number of benzene rings is 4. The highest BCUT2D eigenvalue weighted by molar-refractivity contribution is 7.92. The number of nitrogens with one attached hydrogen (secondary N) is 1. The maximum atomic E-state index is 14.8. The van der Waals surface area contributed by atoms with Crippen LogP contribution in [0.2, 0.25) is 5.02 Å². The van der Waals surface area contributed by atoms with E-state index in [1.807, 2.05) is 37.3 Å². The molecule has 4 aromatic carbocycles. The van der Waals surface area contributed by atoms with Gasteiger partial charge in [-0.25, -0.2) is 8.42 Å². The minimum absolute atomic E-state index is 0.0318. The lowest BCUT2D eigenvalue weighted by Crippen LogP contribution is -2.53. The van der Waals surface area contributed by atoms with E-state index in [1.165, 1.54) is 57.6 Å².